The number of nitrogens with zero attached hydrogens (tertiary/aromatic N) is 1. The summed E-state index contributed by atoms with van der Waals surface area (Å²) in [7, 11) is 1.61. The number of carbonyl (C=O) groups excluding carboxylic acids is 2. The molecule has 1 aromatic carbocycles. The number of rotatable bonds is 5. The average Bonchev–Trinajstić information content (AvgIpc) is 3.22. The number of hydrogen-bond acceptors (Lipinski definition) is 3. The van der Waals surface area contributed by atoms with Gasteiger partial charge in [0.15, 0.2) is 0 Å². The highest BCUT2D eigenvalue weighted by Gasteiger charge is 2.46. The van der Waals surface area contributed by atoms with Crippen molar-refractivity contribution in [3.63, 3.8) is 0 Å². The number of likely N-dealkylation sites (N-methyl/N-ethyl adjacent to an activating group) is 1. The van der Waals surface area contributed by atoms with Crippen molar-refractivity contribution in [2.45, 2.75) is 56.5 Å². The minimum atomic E-state index is -0.639. The first-order valence-corrected chi connectivity index (χ1v) is 9.50. The molecule has 1 aliphatic heterocycles. The normalized spacial score (nSPS) is 21.5. The number of carbonyl (C=O) groups is 2. The van der Waals surface area contributed by atoms with Gasteiger partial charge in [0.2, 0.25) is 11.8 Å². The Balaban J connectivity index is 1.84. The molecule has 1 aromatic rings. The van der Waals surface area contributed by atoms with E-state index in [1.165, 1.54) is 6.42 Å². The Bertz CT molecular complexity index is 590. The molecule has 0 bridgehead atoms. The molecule has 0 aromatic heterocycles. The Morgan fingerprint density at radius 2 is 1.64 bits per heavy atom. The monoisotopic (exact) mass is 343 g/mol. The van der Waals surface area contributed by atoms with Gasteiger partial charge in [0.1, 0.15) is 11.6 Å². The Hall–Kier alpha value is -1.88. The molecule has 1 aliphatic carbocycles. The molecule has 1 heterocycles. The number of amides is 2. The summed E-state index contributed by atoms with van der Waals surface area (Å²) in [5, 5.41) is 5.77. The molecule has 1 unspecified atom stereocenters. The topological polar surface area (TPSA) is 61.4 Å². The van der Waals surface area contributed by atoms with E-state index in [9.17, 15) is 9.59 Å². The fourth-order valence-corrected chi connectivity index (χ4v) is 4.32. The van der Waals surface area contributed by atoms with Gasteiger partial charge in [-0.2, -0.15) is 0 Å². The molecule has 2 N–H and O–H groups in total. The molecule has 25 heavy (non-hydrogen) atoms. The fourth-order valence-electron chi connectivity index (χ4n) is 4.32. The Labute approximate surface area is 150 Å². The summed E-state index contributed by atoms with van der Waals surface area (Å²) in [4.78, 5) is 28.2. The maximum absolute atomic E-state index is 13.4. The molecule has 5 heteroatoms. The second-order valence-corrected chi connectivity index (χ2v) is 7.22. The van der Waals surface area contributed by atoms with E-state index in [2.05, 4.69) is 15.5 Å². The zero-order valence-electron chi connectivity index (χ0n) is 15.1. The lowest BCUT2D eigenvalue weighted by atomic mass is 9.79. The van der Waals surface area contributed by atoms with Crippen LogP contribution in [0, 0.1) is 0 Å². The van der Waals surface area contributed by atoms with Crippen molar-refractivity contribution in [3.05, 3.63) is 35.9 Å². The number of likely N-dealkylation sites (tertiary alicyclic amines) is 1. The van der Waals surface area contributed by atoms with Crippen molar-refractivity contribution in [2.75, 3.05) is 20.1 Å². The van der Waals surface area contributed by atoms with Crippen LogP contribution in [-0.4, -0.2) is 42.4 Å². The minimum absolute atomic E-state index is 0.0200. The summed E-state index contributed by atoms with van der Waals surface area (Å²) in [6.45, 7) is 1.98. The lowest BCUT2D eigenvalue weighted by molar-refractivity contribution is -0.139. The van der Waals surface area contributed by atoms with Gasteiger partial charge >= 0.3 is 0 Å². The first kappa shape index (κ1) is 17.9. The number of nitrogens with one attached hydrogen (secondary N) is 2. The quantitative estimate of drug-likeness (QED) is 0.863. The maximum Gasteiger partial charge on any atom is 0.246 e. The van der Waals surface area contributed by atoms with Crippen molar-refractivity contribution < 1.29 is 9.59 Å². The molecule has 0 spiro atoms. The van der Waals surface area contributed by atoms with Crippen LogP contribution in [0.15, 0.2) is 30.3 Å². The molecule has 5 nitrogen and oxygen atoms in total. The van der Waals surface area contributed by atoms with Crippen LogP contribution in [0.4, 0.5) is 0 Å². The van der Waals surface area contributed by atoms with Crippen LogP contribution in [0.3, 0.4) is 0 Å². The van der Waals surface area contributed by atoms with Crippen molar-refractivity contribution in [2.24, 2.45) is 0 Å². The van der Waals surface area contributed by atoms with Crippen molar-refractivity contribution in [1.82, 2.24) is 15.5 Å². The van der Waals surface area contributed by atoms with Crippen LogP contribution in [0.25, 0.3) is 0 Å². The van der Waals surface area contributed by atoms with Crippen LogP contribution < -0.4 is 10.6 Å². The van der Waals surface area contributed by atoms with Gasteiger partial charge in [-0.05, 0) is 44.3 Å². The smallest absolute Gasteiger partial charge is 0.246 e. The number of benzene rings is 1. The van der Waals surface area contributed by atoms with Gasteiger partial charge < -0.3 is 10.6 Å². The minimum Gasteiger partial charge on any atom is -0.357 e. The van der Waals surface area contributed by atoms with Crippen molar-refractivity contribution in [1.29, 1.82) is 0 Å². The van der Waals surface area contributed by atoms with Crippen LogP contribution >= 0.6 is 0 Å². The predicted molar refractivity (Wildman–Crippen MR) is 98.0 cm³/mol. The van der Waals surface area contributed by atoms with E-state index in [-0.39, 0.29) is 11.8 Å². The third kappa shape index (κ3) is 3.71. The molecule has 1 atom stereocenters. The van der Waals surface area contributed by atoms with E-state index < -0.39 is 11.6 Å². The van der Waals surface area contributed by atoms with Gasteiger partial charge in [0, 0.05) is 7.05 Å². The molecule has 2 fully saturated rings. The standard InChI is InChI=1S/C20H29N3O2/c1-21-18(24)17(16-10-4-2-5-11-16)22-19(25)20(12-6-3-7-13-20)23-14-8-9-15-23/h2,4-5,10-11,17H,3,6-9,12-15H2,1H3,(H,21,24)(H,22,25). The largest absolute Gasteiger partial charge is 0.357 e. The lowest BCUT2D eigenvalue weighted by Crippen LogP contribution is -2.60. The molecule has 136 valence electrons. The second-order valence-electron chi connectivity index (χ2n) is 7.22. The predicted octanol–water partition coefficient (Wildman–Crippen LogP) is 2.39. The Morgan fingerprint density at radius 3 is 2.24 bits per heavy atom. The molecule has 1 saturated carbocycles. The summed E-state index contributed by atoms with van der Waals surface area (Å²) in [6.07, 6.45) is 7.47. The van der Waals surface area contributed by atoms with E-state index in [0.717, 1.165) is 57.2 Å². The van der Waals surface area contributed by atoms with E-state index >= 15 is 0 Å². The summed E-state index contributed by atoms with van der Waals surface area (Å²) in [5.74, 6) is -0.154. The first-order valence-electron chi connectivity index (χ1n) is 9.50. The fraction of sp³-hybridized carbons (Fsp3) is 0.600. The summed E-state index contributed by atoms with van der Waals surface area (Å²) < 4.78 is 0. The van der Waals surface area contributed by atoms with Crippen molar-refractivity contribution in [3.8, 4) is 0 Å². The van der Waals surface area contributed by atoms with Crippen LogP contribution in [0.2, 0.25) is 0 Å². The van der Waals surface area contributed by atoms with Gasteiger partial charge in [-0.25, -0.2) is 0 Å². The average molecular weight is 343 g/mol. The molecule has 3 rings (SSSR count). The SMILES string of the molecule is CNC(=O)C(NC(=O)C1(N2CCCC2)CCCCC1)c1ccccc1. The third-order valence-corrected chi connectivity index (χ3v) is 5.73. The molecule has 2 amide bonds. The van der Waals surface area contributed by atoms with Gasteiger partial charge in [0.05, 0.1) is 0 Å². The van der Waals surface area contributed by atoms with E-state index in [1.807, 2.05) is 30.3 Å². The molecule has 0 radical (unpaired) electrons. The van der Waals surface area contributed by atoms with Gasteiger partial charge in [0.25, 0.3) is 0 Å². The zero-order chi connectivity index (χ0) is 17.7. The molecule has 1 saturated heterocycles. The Morgan fingerprint density at radius 1 is 1.00 bits per heavy atom. The first-order chi connectivity index (χ1) is 12.2. The highest BCUT2D eigenvalue weighted by molar-refractivity contribution is 5.92. The lowest BCUT2D eigenvalue weighted by Gasteiger charge is -2.43. The molecular formula is C20H29N3O2. The van der Waals surface area contributed by atoms with E-state index in [0.29, 0.717) is 0 Å². The van der Waals surface area contributed by atoms with Gasteiger partial charge in [-0.15, -0.1) is 0 Å². The van der Waals surface area contributed by atoms with Crippen molar-refractivity contribution >= 4 is 11.8 Å². The summed E-state index contributed by atoms with van der Waals surface area (Å²) >= 11 is 0. The second kappa shape index (κ2) is 8.00. The third-order valence-electron chi connectivity index (χ3n) is 5.73. The van der Waals surface area contributed by atoms with E-state index in [1.54, 1.807) is 7.05 Å². The summed E-state index contributed by atoms with van der Waals surface area (Å²) in [5.41, 5.74) is 0.387. The Kier molecular flexibility index (Phi) is 5.74. The number of hydrogen-bond donors (Lipinski definition) is 2. The highest BCUT2D eigenvalue weighted by atomic mass is 16.2. The van der Waals surface area contributed by atoms with Crippen LogP contribution in [-0.2, 0) is 9.59 Å². The highest BCUT2D eigenvalue weighted by Crippen LogP contribution is 2.36. The van der Waals surface area contributed by atoms with Gasteiger partial charge in [-0.1, -0.05) is 49.6 Å². The molecular weight excluding hydrogens is 314 g/mol. The molecule has 2 aliphatic rings. The van der Waals surface area contributed by atoms with Crippen LogP contribution in [0.1, 0.15) is 56.6 Å². The van der Waals surface area contributed by atoms with E-state index in [4.69, 9.17) is 0 Å². The zero-order valence-corrected chi connectivity index (χ0v) is 15.1. The van der Waals surface area contributed by atoms with Gasteiger partial charge in [-0.3, -0.25) is 14.5 Å². The summed E-state index contributed by atoms with van der Waals surface area (Å²) in [6, 6.07) is 8.86. The van der Waals surface area contributed by atoms with Crippen LogP contribution in [0.5, 0.6) is 0 Å². The maximum atomic E-state index is 13.4.